The van der Waals surface area contributed by atoms with Gasteiger partial charge in [-0.3, -0.25) is 4.34 Å². The minimum absolute atomic E-state index is 0.129. The smallest absolute Gasteiger partial charge is 0.126 e. The largest absolute Gasteiger partial charge is 0.256 e. The zero-order valence-corrected chi connectivity index (χ0v) is 7.57. The molecule has 1 aromatic rings. The number of rotatable bonds is 3. The van der Waals surface area contributed by atoms with Crippen LogP contribution in [-0.4, -0.2) is 6.54 Å². The predicted octanol–water partition coefficient (Wildman–Crippen LogP) is 2.27. The first-order chi connectivity index (χ1) is 5.34. The summed E-state index contributed by atoms with van der Waals surface area (Å²) in [6.45, 7) is 0.737. The molecule has 0 aliphatic heterocycles. The van der Waals surface area contributed by atoms with Crippen molar-refractivity contribution in [2.75, 3.05) is 6.54 Å². The summed E-state index contributed by atoms with van der Waals surface area (Å²) in [7, 11) is 0. The van der Waals surface area contributed by atoms with E-state index in [1.165, 1.54) is 6.07 Å². The molecular formula is C8H9BrFN. The lowest BCUT2D eigenvalue weighted by atomic mass is 10.1. The highest BCUT2D eigenvalue weighted by atomic mass is 79.9. The molecule has 0 saturated carbocycles. The molecule has 0 unspecified atom stereocenters. The molecule has 1 N–H and O–H groups in total. The Kier molecular flexibility index (Phi) is 3.52. The highest BCUT2D eigenvalue weighted by Gasteiger charge is 1.97. The number of benzene rings is 1. The van der Waals surface area contributed by atoms with Gasteiger partial charge in [-0.25, -0.2) is 4.39 Å². The van der Waals surface area contributed by atoms with E-state index in [0.717, 1.165) is 12.1 Å². The van der Waals surface area contributed by atoms with E-state index in [0.29, 0.717) is 6.42 Å². The Labute approximate surface area is 74.0 Å². The van der Waals surface area contributed by atoms with Gasteiger partial charge in [0.05, 0.1) is 0 Å². The van der Waals surface area contributed by atoms with Crippen molar-refractivity contribution in [3.05, 3.63) is 35.6 Å². The fourth-order valence-electron chi connectivity index (χ4n) is 0.883. The molecule has 0 heterocycles. The average Bonchev–Trinajstić information content (AvgIpc) is 2.03. The van der Waals surface area contributed by atoms with E-state index < -0.39 is 0 Å². The molecule has 0 aliphatic carbocycles. The first-order valence-corrected chi connectivity index (χ1v) is 4.21. The molecule has 0 radical (unpaired) electrons. The molecule has 0 bridgehead atoms. The topological polar surface area (TPSA) is 12.0 Å². The first-order valence-electron chi connectivity index (χ1n) is 3.41. The lowest BCUT2D eigenvalue weighted by molar-refractivity contribution is 0.608. The van der Waals surface area contributed by atoms with Gasteiger partial charge in [0.15, 0.2) is 0 Å². The number of hydrogen-bond donors (Lipinski definition) is 1. The van der Waals surface area contributed by atoms with Gasteiger partial charge in [0.25, 0.3) is 0 Å². The third-order valence-corrected chi connectivity index (χ3v) is 1.84. The van der Waals surface area contributed by atoms with Crippen molar-refractivity contribution in [1.82, 2.24) is 4.34 Å². The van der Waals surface area contributed by atoms with E-state index >= 15 is 0 Å². The van der Waals surface area contributed by atoms with Crippen molar-refractivity contribution in [2.45, 2.75) is 6.42 Å². The van der Waals surface area contributed by atoms with Crippen LogP contribution in [0.2, 0.25) is 0 Å². The molecule has 1 rings (SSSR count). The van der Waals surface area contributed by atoms with Gasteiger partial charge in [0.1, 0.15) is 5.82 Å². The highest BCUT2D eigenvalue weighted by molar-refractivity contribution is 9.08. The van der Waals surface area contributed by atoms with E-state index in [9.17, 15) is 4.39 Å². The third-order valence-electron chi connectivity index (χ3n) is 1.45. The zero-order chi connectivity index (χ0) is 8.10. The van der Waals surface area contributed by atoms with Crippen LogP contribution >= 0.6 is 16.1 Å². The molecule has 0 aromatic heterocycles. The van der Waals surface area contributed by atoms with Crippen LogP contribution in [0.5, 0.6) is 0 Å². The molecule has 1 aromatic carbocycles. The lowest BCUT2D eigenvalue weighted by Gasteiger charge is -1.99. The summed E-state index contributed by atoms with van der Waals surface area (Å²) in [6.07, 6.45) is 0.706. The van der Waals surface area contributed by atoms with E-state index in [4.69, 9.17) is 0 Å². The number of hydrogen-bond acceptors (Lipinski definition) is 1. The van der Waals surface area contributed by atoms with Crippen molar-refractivity contribution < 1.29 is 4.39 Å². The molecular weight excluding hydrogens is 209 g/mol. The second kappa shape index (κ2) is 4.46. The maximum Gasteiger partial charge on any atom is 0.126 e. The minimum atomic E-state index is -0.129. The van der Waals surface area contributed by atoms with Crippen molar-refractivity contribution in [2.24, 2.45) is 0 Å². The first kappa shape index (κ1) is 8.68. The van der Waals surface area contributed by atoms with Gasteiger partial charge < -0.3 is 0 Å². The van der Waals surface area contributed by atoms with Crippen molar-refractivity contribution >= 4 is 16.1 Å². The quantitative estimate of drug-likeness (QED) is 0.767. The molecule has 0 atom stereocenters. The lowest BCUT2D eigenvalue weighted by Crippen LogP contribution is -2.04. The zero-order valence-electron chi connectivity index (χ0n) is 5.98. The van der Waals surface area contributed by atoms with Crippen LogP contribution in [-0.2, 0) is 6.42 Å². The summed E-state index contributed by atoms with van der Waals surface area (Å²) in [5.74, 6) is -0.129. The van der Waals surface area contributed by atoms with Crippen molar-refractivity contribution in [3.8, 4) is 0 Å². The normalized spacial score (nSPS) is 10.0. The van der Waals surface area contributed by atoms with E-state index in [1.54, 1.807) is 12.1 Å². The van der Waals surface area contributed by atoms with Crippen LogP contribution in [0.3, 0.4) is 0 Å². The standard InChI is InChI=1S/C8H9BrFN/c9-11-6-5-7-3-1-2-4-8(7)10/h1-4,11H,5-6H2. The summed E-state index contributed by atoms with van der Waals surface area (Å²) in [4.78, 5) is 0. The van der Waals surface area contributed by atoms with E-state index in [1.807, 2.05) is 6.07 Å². The maximum atomic E-state index is 12.9. The Morgan fingerprint density at radius 3 is 2.73 bits per heavy atom. The molecule has 1 nitrogen and oxygen atoms in total. The summed E-state index contributed by atoms with van der Waals surface area (Å²) in [5, 5.41) is 0. The molecule has 0 spiro atoms. The Hall–Kier alpha value is -0.410. The van der Waals surface area contributed by atoms with Crippen molar-refractivity contribution in [1.29, 1.82) is 0 Å². The van der Waals surface area contributed by atoms with Gasteiger partial charge in [0, 0.05) is 22.7 Å². The molecule has 0 amide bonds. The fourth-order valence-corrected chi connectivity index (χ4v) is 1.08. The van der Waals surface area contributed by atoms with Crippen LogP contribution < -0.4 is 4.34 Å². The van der Waals surface area contributed by atoms with Gasteiger partial charge in [-0.1, -0.05) is 18.2 Å². The maximum absolute atomic E-state index is 12.9. The SMILES string of the molecule is Fc1ccccc1CCNBr. The van der Waals surface area contributed by atoms with Crippen molar-refractivity contribution in [3.63, 3.8) is 0 Å². The fraction of sp³-hybridized carbons (Fsp3) is 0.250. The second-order valence-electron chi connectivity index (χ2n) is 2.23. The monoisotopic (exact) mass is 217 g/mol. The summed E-state index contributed by atoms with van der Waals surface area (Å²) >= 11 is 3.06. The number of halogens is 2. The Morgan fingerprint density at radius 2 is 2.09 bits per heavy atom. The van der Waals surface area contributed by atoms with Crippen LogP contribution in [0.1, 0.15) is 5.56 Å². The molecule has 0 saturated heterocycles. The summed E-state index contributed by atoms with van der Waals surface area (Å²) < 4.78 is 15.7. The Bertz CT molecular complexity index is 227. The molecule has 60 valence electrons. The van der Waals surface area contributed by atoms with E-state index in [2.05, 4.69) is 20.5 Å². The number of nitrogens with one attached hydrogen (secondary N) is 1. The second-order valence-corrected chi connectivity index (χ2v) is 2.79. The van der Waals surface area contributed by atoms with Gasteiger partial charge in [-0.15, -0.1) is 0 Å². The van der Waals surface area contributed by atoms with Gasteiger partial charge in [0.2, 0.25) is 0 Å². The molecule has 0 aliphatic rings. The molecule has 3 heteroatoms. The predicted molar refractivity (Wildman–Crippen MR) is 47.0 cm³/mol. The Morgan fingerprint density at radius 1 is 1.36 bits per heavy atom. The van der Waals surface area contributed by atoms with E-state index in [-0.39, 0.29) is 5.82 Å². The third kappa shape index (κ3) is 2.60. The average molecular weight is 218 g/mol. The van der Waals surface area contributed by atoms with Crippen LogP contribution in [0, 0.1) is 5.82 Å². The minimum Gasteiger partial charge on any atom is -0.256 e. The van der Waals surface area contributed by atoms with Gasteiger partial charge >= 0.3 is 0 Å². The summed E-state index contributed by atoms with van der Waals surface area (Å²) in [6, 6.07) is 6.80. The van der Waals surface area contributed by atoms with Crippen LogP contribution in [0.25, 0.3) is 0 Å². The van der Waals surface area contributed by atoms with Crippen LogP contribution in [0.4, 0.5) is 4.39 Å². The Balaban J connectivity index is 2.62. The van der Waals surface area contributed by atoms with Crippen LogP contribution in [0.15, 0.2) is 24.3 Å². The van der Waals surface area contributed by atoms with Gasteiger partial charge in [-0.05, 0) is 18.1 Å². The highest BCUT2D eigenvalue weighted by Crippen LogP contribution is 2.05. The van der Waals surface area contributed by atoms with Gasteiger partial charge in [-0.2, -0.15) is 0 Å². The molecule has 11 heavy (non-hydrogen) atoms. The summed E-state index contributed by atoms with van der Waals surface area (Å²) in [5.41, 5.74) is 0.749. The molecule has 0 fully saturated rings.